The SMILES string of the molecule is CCCC(=O)N(C)c1cc(OCCC(CCC)CCC(C)CC)ccc1C. The van der Waals surface area contributed by atoms with Gasteiger partial charge in [0.2, 0.25) is 5.91 Å². The number of hydrogen-bond acceptors (Lipinski definition) is 2. The third-order valence-corrected chi connectivity index (χ3v) is 5.64. The average molecular weight is 376 g/mol. The zero-order valence-electron chi connectivity index (χ0n) is 18.5. The maximum Gasteiger partial charge on any atom is 0.226 e. The summed E-state index contributed by atoms with van der Waals surface area (Å²) < 4.78 is 6.06. The molecule has 0 aliphatic heterocycles. The molecule has 1 amide bonds. The second kappa shape index (κ2) is 12.8. The molecule has 1 aromatic carbocycles. The first-order valence-electron chi connectivity index (χ1n) is 10.9. The van der Waals surface area contributed by atoms with Crippen LogP contribution in [0.5, 0.6) is 5.75 Å². The van der Waals surface area contributed by atoms with Crippen molar-refractivity contribution in [3.8, 4) is 5.75 Å². The number of ether oxygens (including phenoxy) is 1. The van der Waals surface area contributed by atoms with E-state index < -0.39 is 0 Å². The number of aryl methyl sites for hydroxylation is 1. The first-order chi connectivity index (χ1) is 12.9. The second-order valence-corrected chi connectivity index (χ2v) is 8.03. The van der Waals surface area contributed by atoms with E-state index >= 15 is 0 Å². The van der Waals surface area contributed by atoms with E-state index in [2.05, 4.69) is 20.8 Å². The van der Waals surface area contributed by atoms with Gasteiger partial charge in [-0.05, 0) is 43.2 Å². The maximum absolute atomic E-state index is 12.2. The van der Waals surface area contributed by atoms with Gasteiger partial charge in [-0.1, -0.05) is 65.9 Å². The number of anilines is 1. The van der Waals surface area contributed by atoms with Gasteiger partial charge in [-0.15, -0.1) is 0 Å². The number of benzene rings is 1. The van der Waals surface area contributed by atoms with Crippen LogP contribution in [-0.2, 0) is 4.79 Å². The third kappa shape index (κ3) is 8.36. The lowest BCUT2D eigenvalue weighted by Crippen LogP contribution is -2.26. The summed E-state index contributed by atoms with van der Waals surface area (Å²) in [5, 5.41) is 0. The Balaban J connectivity index is 2.62. The Hall–Kier alpha value is -1.51. The Labute approximate surface area is 167 Å². The summed E-state index contributed by atoms with van der Waals surface area (Å²) in [6.45, 7) is 11.7. The molecule has 0 aliphatic rings. The van der Waals surface area contributed by atoms with Crippen LogP contribution in [-0.4, -0.2) is 19.6 Å². The summed E-state index contributed by atoms with van der Waals surface area (Å²) in [7, 11) is 1.86. The lowest BCUT2D eigenvalue weighted by molar-refractivity contribution is -0.118. The van der Waals surface area contributed by atoms with Gasteiger partial charge in [-0.25, -0.2) is 0 Å². The molecule has 0 aromatic heterocycles. The number of carbonyl (C=O) groups is 1. The number of nitrogens with zero attached hydrogens (tertiary/aromatic N) is 1. The molecule has 2 unspecified atom stereocenters. The van der Waals surface area contributed by atoms with E-state index in [9.17, 15) is 4.79 Å². The molecule has 0 saturated carbocycles. The second-order valence-electron chi connectivity index (χ2n) is 8.03. The first kappa shape index (κ1) is 23.5. The predicted molar refractivity (Wildman–Crippen MR) is 117 cm³/mol. The fourth-order valence-electron chi connectivity index (χ4n) is 3.47. The molecule has 154 valence electrons. The monoisotopic (exact) mass is 375 g/mol. The summed E-state index contributed by atoms with van der Waals surface area (Å²) in [5.74, 6) is 2.60. The van der Waals surface area contributed by atoms with Gasteiger partial charge in [-0.3, -0.25) is 4.79 Å². The molecule has 0 fully saturated rings. The molecule has 0 saturated heterocycles. The highest BCUT2D eigenvalue weighted by atomic mass is 16.5. The van der Waals surface area contributed by atoms with E-state index in [1.165, 1.54) is 32.1 Å². The normalized spacial score (nSPS) is 13.3. The van der Waals surface area contributed by atoms with Crippen molar-refractivity contribution in [1.29, 1.82) is 0 Å². The highest BCUT2D eigenvalue weighted by Gasteiger charge is 2.14. The minimum absolute atomic E-state index is 0.158. The third-order valence-electron chi connectivity index (χ3n) is 5.64. The summed E-state index contributed by atoms with van der Waals surface area (Å²) in [6.07, 6.45) is 8.98. The van der Waals surface area contributed by atoms with Crippen LogP contribution in [0.3, 0.4) is 0 Å². The molecule has 2 atom stereocenters. The molecule has 0 heterocycles. The minimum Gasteiger partial charge on any atom is -0.494 e. The maximum atomic E-state index is 12.2. The summed E-state index contributed by atoms with van der Waals surface area (Å²) in [4.78, 5) is 14.0. The van der Waals surface area contributed by atoms with Crippen molar-refractivity contribution in [2.24, 2.45) is 11.8 Å². The molecular formula is C24H41NO2. The molecular weight excluding hydrogens is 334 g/mol. The largest absolute Gasteiger partial charge is 0.494 e. The first-order valence-corrected chi connectivity index (χ1v) is 10.9. The van der Waals surface area contributed by atoms with Crippen molar-refractivity contribution >= 4 is 11.6 Å². The molecule has 0 aliphatic carbocycles. The fourth-order valence-corrected chi connectivity index (χ4v) is 3.47. The Kier molecular flexibility index (Phi) is 11.2. The van der Waals surface area contributed by atoms with Crippen LogP contribution in [0.15, 0.2) is 18.2 Å². The summed E-state index contributed by atoms with van der Waals surface area (Å²) >= 11 is 0. The van der Waals surface area contributed by atoms with Crippen molar-refractivity contribution in [2.75, 3.05) is 18.6 Å². The van der Waals surface area contributed by atoms with Gasteiger partial charge in [0, 0.05) is 25.2 Å². The van der Waals surface area contributed by atoms with Gasteiger partial charge in [0.05, 0.1) is 6.61 Å². The van der Waals surface area contributed by atoms with E-state index in [-0.39, 0.29) is 5.91 Å². The van der Waals surface area contributed by atoms with Crippen molar-refractivity contribution in [1.82, 2.24) is 0 Å². The quantitative estimate of drug-likeness (QED) is 0.381. The van der Waals surface area contributed by atoms with Crippen LogP contribution in [0.2, 0.25) is 0 Å². The van der Waals surface area contributed by atoms with Gasteiger partial charge in [-0.2, -0.15) is 0 Å². The van der Waals surface area contributed by atoms with Gasteiger partial charge in [0.1, 0.15) is 5.75 Å². The Morgan fingerprint density at radius 3 is 2.44 bits per heavy atom. The van der Waals surface area contributed by atoms with Gasteiger partial charge >= 0.3 is 0 Å². The smallest absolute Gasteiger partial charge is 0.226 e. The zero-order valence-corrected chi connectivity index (χ0v) is 18.5. The van der Waals surface area contributed by atoms with Crippen molar-refractivity contribution in [3.63, 3.8) is 0 Å². The zero-order chi connectivity index (χ0) is 20.2. The van der Waals surface area contributed by atoms with Crippen LogP contribution >= 0.6 is 0 Å². The van der Waals surface area contributed by atoms with Crippen LogP contribution in [0.1, 0.15) is 84.6 Å². The van der Waals surface area contributed by atoms with Crippen LogP contribution in [0, 0.1) is 18.8 Å². The number of amides is 1. The van der Waals surface area contributed by atoms with Gasteiger partial charge in [0.25, 0.3) is 0 Å². The Bertz CT molecular complexity index is 555. The Morgan fingerprint density at radius 2 is 1.81 bits per heavy atom. The minimum atomic E-state index is 0.158. The number of hydrogen-bond donors (Lipinski definition) is 0. The van der Waals surface area contributed by atoms with Crippen molar-refractivity contribution in [2.45, 2.75) is 86.0 Å². The molecule has 0 spiro atoms. The predicted octanol–water partition coefficient (Wildman–Crippen LogP) is 6.77. The van der Waals surface area contributed by atoms with E-state index in [0.717, 1.165) is 48.3 Å². The summed E-state index contributed by atoms with van der Waals surface area (Å²) in [6, 6.07) is 6.08. The molecule has 27 heavy (non-hydrogen) atoms. The van der Waals surface area contributed by atoms with Crippen LogP contribution in [0.25, 0.3) is 0 Å². The van der Waals surface area contributed by atoms with Gasteiger partial charge in [0.15, 0.2) is 0 Å². The van der Waals surface area contributed by atoms with Crippen LogP contribution in [0.4, 0.5) is 5.69 Å². The lowest BCUT2D eigenvalue weighted by atomic mass is 9.90. The van der Waals surface area contributed by atoms with E-state index in [4.69, 9.17) is 4.74 Å². The molecule has 3 nitrogen and oxygen atoms in total. The lowest BCUT2D eigenvalue weighted by Gasteiger charge is -2.21. The standard InChI is InChI=1S/C24H41NO2/c1-7-10-21(14-12-19(4)9-3)16-17-27-22-15-13-20(5)23(18-22)25(6)24(26)11-8-2/h13,15,18-19,21H,7-12,14,16-17H2,1-6H3. The molecule has 3 heteroatoms. The average Bonchev–Trinajstić information content (AvgIpc) is 2.66. The Morgan fingerprint density at radius 1 is 1.07 bits per heavy atom. The van der Waals surface area contributed by atoms with Crippen molar-refractivity contribution in [3.05, 3.63) is 23.8 Å². The van der Waals surface area contributed by atoms with Crippen LogP contribution < -0.4 is 9.64 Å². The number of rotatable bonds is 13. The highest BCUT2D eigenvalue weighted by molar-refractivity contribution is 5.93. The molecule has 1 rings (SSSR count). The van der Waals surface area contributed by atoms with E-state index in [0.29, 0.717) is 6.42 Å². The highest BCUT2D eigenvalue weighted by Crippen LogP contribution is 2.27. The van der Waals surface area contributed by atoms with E-state index in [1.54, 1.807) is 4.90 Å². The van der Waals surface area contributed by atoms with Crippen molar-refractivity contribution < 1.29 is 9.53 Å². The fraction of sp³-hybridized carbons (Fsp3) is 0.708. The molecule has 1 aromatic rings. The summed E-state index contributed by atoms with van der Waals surface area (Å²) in [5.41, 5.74) is 2.06. The van der Waals surface area contributed by atoms with E-state index in [1.807, 2.05) is 39.1 Å². The molecule has 0 radical (unpaired) electrons. The molecule has 0 bridgehead atoms. The number of carbonyl (C=O) groups excluding carboxylic acids is 1. The van der Waals surface area contributed by atoms with Gasteiger partial charge < -0.3 is 9.64 Å². The topological polar surface area (TPSA) is 29.5 Å². The molecule has 0 N–H and O–H groups in total.